The third-order valence-electron chi connectivity index (χ3n) is 2.37. The van der Waals surface area contributed by atoms with E-state index < -0.39 is 0 Å². The van der Waals surface area contributed by atoms with Gasteiger partial charge in [0, 0.05) is 23.3 Å². The minimum atomic E-state index is 0.550. The summed E-state index contributed by atoms with van der Waals surface area (Å²) in [5.74, 6) is 0. The van der Waals surface area contributed by atoms with Crippen LogP contribution in [0.1, 0.15) is 17.4 Å². The molecule has 0 aliphatic rings. The third kappa shape index (κ3) is 2.59. The predicted molar refractivity (Wildman–Crippen MR) is 69.1 cm³/mol. The number of hydrogen-bond acceptors (Lipinski definition) is 4. The molecule has 2 aromatic rings. The molecular weight excluding hydrogens is 218 g/mol. The van der Waals surface area contributed by atoms with E-state index in [-0.39, 0.29) is 0 Å². The molecule has 0 fully saturated rings. The number of nitrogens with one attached hydrogen (secondary N) is 1. The standard InChI is InChI=1S/C12H15N3S/c1-2-9-3-5-10(6-4-9)15-12-14-8-11(7-13)16-12/h3-6,8H,2,7,13H2,1H3,(H,14,15). The van der Waals surface area contributed by atoms with Crippen LogP contribution >= 0.6 is 11.3 Å². The molecule has 4 heteroatoms. The Balaban J connectivity index is 2.08. The lowest BCUT2D eigenvalue weighted by Crippen LogP contribution is -1.91. The van der Waals surface area contributed by atoms with Crippen molar-refractivity contribution in [1.29, 1.82) is 0 Å². The van der Waals surface area contributed by atoms with E-state index in [1.807, 2.05) is 6.20 Å². The number of anilines is 2. The molecule has 0 saturated carbocycles. The molecule has 1 aromatic heterocycles. The van der Waals surface area contributed by atoms with E-state index in [2.05, 4.69) is 41.5 Å². The fourth-order valence-corrected chi connectivity index (χ4v) is 2.12. The highest BCUT2D eigenvalue weighted by atomic mass is 32.1. The lowest BCUT2D eigenvalue weighted by Gasteiger charge is -2.03. The molecular formula is C12H15N3S. The van der Waals surface area contributed by atoms with Crippen LogP contribution in [0.2, 0.25) is 0 Å². The Bertz CT molecular complexity index is 448. The number of thiazole rings is 1. The zero-order valence-electron chi connectivity index (χ0n) is 9.23. The fourth-order valence-electron chi connectivity index (χ4n) is 1.41. The number of aryl methyl sites for hydroxylation is 1. The van der Waals surface area contributed by atoms with Gasteiger partial charge >= 0.3 is 0 Å². The van der Waals surface area contributed by atoms with Gasteiger partial charge in [-0.05, 0) is 24.1 Å². The van der Waals surface area contributed by atoms with Gasteiger partial charge in [0.15, 0.2) is 5.13 Å². The zero-order valence-corrected chi connectivity index (χ0v) is 10.1. The van der Waals surface area contributed by atoms with Gasteiger partial charge in [-0.3, -0.25) is 0 Å². The minimum absolute atomic E-state index is 0.550. The van der Waals surface area contributed by atoms with Crippen LogP contribution < -0.4 is 11.1 Å². The largest absolute Gasteiger partial charge is 0.332 e. The van der Waals surface area contributed by atoms with Crippen LogP contribution in [0.25, 0.3) is 0 Å². The summed E-state index contributed by atoms with van der Waals surface area (Å²) in [4.78, 5) is 5.34. The predicted octanol–water partition coefficient (Wildman–Crippen LogP) is 2.91. The normalized spacial score (nSPS) is 10.4. The van der Waals surface area contributed by atoms with Crippen molar-refractivity contribution in [2.75, 3.05) is 5.32 Å². The Hall–Kier alpha value is -1.39. The van der Waals surface area contributed by atoms with Crippen LogP contribution in [0.5, 0.6) is 0 Å². The molecule has 0 amide bonds. The molecule has 84 valence electrons. The first-order valence-corrected chi connectivity index (χ1v) is 6.14. The average molecular weight is 233 g/mol. The van der Waals surface area contributed by atoms with Crippen molar-refractivity contribution in [2.45, 2.75) is 19.9 Å². The third-order valence-corrected chi connectivity index (χ3v) is 3.30. The number of rotatable bonds is 4. The van der Waals surface area contributed by atoms with Gasteiger partial charge < -0.3 is 11.1 Å². The molecule has 0 radical (unpaired) electrons. The topological polar surface area (TPSA) is 50.9 Å². The molecule has 3 nitrogen and oxygen atoms in total. The molecule has 1 heterocycles. The molecule has 1 aromatic carbocycles. The number of benzene rings is 1. The van der Waals surface area contributed by atoms with Crippen molar-refractivity contribution in [1.82, 2.24) is 4.98 Å². The average Bonchev–Trinajstić information content (AvgIpc) is 2.78. The highest BCUT2D eigenvalue weighted by Gasteiger charge is 2.00. The highest BCUT2D eigenvalue weighted by molar-refractivity contribution is 7.15. The summed E-state index contributed by atoms with van der Waals surface area (Å²) in [6, 6.07) is 8.39. The van der Waals surface area contributed by atoms with Crippen molar-refractivity contribution in [2.24, 2.45) is 5.73 Å². The molecule has 0 atom stereocenters. The van der Waals surface area contributed by atoms with Gasteiger partial charge in [-0.2, -0.15) is 0 Å². The van der Waals surface area contributed by atoms with Crippen LogP contribution in [0.15, 0.2) is 30.5 Å². The van der Waals surface area contributed by atoms with Crippen LogP contribution in [0.4, 0.5) is 10.8 Å². The molecule has 16 heavy (non-hydrogen) atoms. The molecule has 0 bridgehead atoms. The molecule has 0 saturated heterocycles. The van der Waals surface area contributed by atoms with E-state index in [4.69, 9.17) is 5.73 Å². The van der Waals surface area contributed by atoms with Gasteiger partial charge in [0.05, 0.1) is 0 Å². The first kappa shape index (κ1) is 11.1. The van der Waals surface area contributed by atoms with E-state index in [0.717, 1.165) is 22.1 Å². The molecule has 0 aliphatic heterocycles. The van der Waals surface area contributed by atoms with Crippen molar-refractivity contribution in [3.05, 3.63) is 40.9 Å². The quantitative estimate of drug-likeness (QED) is 0.853. The van der Waals surface area contributed by atoms with Gasteiger partial charge in [0.2, 0.25) is 0 Å². The Morgan fingerprint density at radius 1 is 1.31 bits per heavy atom. The smallest absolute Gasteiger partial charge is 0.187 e. The second-order valence-corrected chi connectivity index (χ2v) is 4.63. The fraction of sp³-hybridized carbons (Fsp3) is 0.250. The molecule has 0 aliphatic carbocycles. The summed E-state index contributed by atoms with van der Waals surface area (Å²) in [6.07, 6.45) is 2.88. The maximum absolute atomic E-state index is 5.54. The maximum Gasteiger partial charge on any atom is 0.187 e. The monoisotopic (exact) mass is 233 g/mol. The summed E-state index contributed by atoms with van der Waals surface area (Å²) in [7, 11) is 0. The number of nitrogens with zero attached hydrogens (tertiary/aromatic N) is 1. The highest BCUT2D eigenvalue weighted by Crippen LogP contribution is 2.22. The molecule has 3 N–H and O–H groups in total. The van der Waals surface area contributed by atoms with E-state index in [1.54, 1.807) is 11.3 Å². The lowest BCUT2D eigenvalue weighted by atomic mass is 10.1. The Kier molecular flexibility index (Phi) is 3.54. The Labute approximate surface area is 99.3 Å². The van der Waals surface area contributed by atoms with Crippen molar-refractivity contribution in [3.8, 4) is 0 Å². The van der Waals surface area contributed by atoms with Crippen LogP contribution in [0.3, 0.4) is 0 Å². The zero-order chi connectivity index (χ0) is 11.4. The summed E-state index contributed by atoms with van der Waals surface area (Å²) in [5, 5.41) is 4.16. The first-order chi connectivity index (χ1) is 7.81. The van der Waals surface area contributed by atoms with Crippen LogP contribution in [-0.2, 0) is 13.0 Å². The number of hydrogen-bond donors (Lipinski definition) is 2. The van der Waals surface area contributed by atoms with Gasteiger partial charge in [-0.1, -0.05) is 19.1 Å². The van der Waals surface area contributed by atoms with E-state index >= 15 is 0 Å². The lowest BCUT2D eigenvalue weighted by molar-refractivity contribution is 1.10. The molecule has 0 spiro atoms. The van der Waals surface area contributed by atoms with Gasteiger partial charge in [0.25, 0.3) is 0 Å². The van der Waals surface area contributed by atoms with Crippen molar-refractivity contribution in [3.63, 3.8) is 0 Å². The van der Waals surface area contributed by atoms with E-state index in [9.17, 15) is 0 Å². The SMILES string of the molecule is CCc1ccc(Nc2ncc(CN)s2)cc1. The maximum atomic E-state index is 5.54. The summed E-state index contributed by atoms with van der Waals surface area (Å²) in [6.45, 7) is 2.70. The second-order valence-electron chi connectivity index (χ2n) is 3.51. The molecule has 0 unspecified atom stereocenters. The van der Waals surface area contributed by atoms with Crippen LogP contribution in [-0.4, -0.2) is 4.98 Å². The van der Waals surface area contributed by atoms with Gasteiger partial charge in [-0.25, -0.2) is 4.98 Å². The molecule has 2 rings (SSSR count). The van der Waals surface area contributed by atoms with E-state index in [0.29, 0.717) is 6.54 Å². The van der Waals surface area contributed by atoms with Gasteiger partial charge in [0.1, 0.15) is 0 Å². The van der Waals surface area contributed by atoms with Gasteiger partial charge in [-0.15, -0.1) is 11.3 Å². The number of nitrogens with two attached hydrogens (primary N) is 1. The summed E-state index contributed by atoms with van der Waals surface area (Å²) in [5.41, 5.74) is 7.94. The Morgan fingerprint density at radius 3 is 2.62 bits per heavy atom. The van der Waals surface area contributed by atoms with Crippen molar-refractivity contribution < 1.29 is 0 Å². The summed E-state index contributed by atoms with van der Waals surface area (Å²) < 4.78 is 0. The number of aromatic nitrogens is 1. The minimum Gasteiger partial charge on any atom is -0.332 e. The van der Waals surface area contributed by atoms with Crippen molar-refractivity contribution >= 4 is 22.2 Å². The van der Waals surface area contributed by atoms with Crippen LogP contribution in [0, 0.1) is 0 Å². The first-order valence-electron chi connectivity index (χ1n) is 5.32. The van der Waals surface area contributed by atoms with E-state index in [1.165, 1.54) is 5.56 Å². The summed E-state index contributed by atoms with van der Waals surface area (Å²) >= 11 is 1.59. The second kappa shape index (κ2) is 5.09. The Morgan fingerprint density at radius 2 is 2.06 bits per heavy atom.